The molecule has 180 valence electrons. The number of amides is 1. The molecule has 9 heteroatoms. The third-order valence-corrected chi connectivity index (χ3v) is 10.0. The molecule has 3 aromatic rings. The summed E-state index contributed by atoms with van der Waals surface area (Å²) in [5.74, 6) is 0.0889. The first-order chi connectivity index (χ1) is 16.4. The quantitative estimate of drug-likeness (QED) is 0.502. The van der Waals surface area contributed by atoms with E-state index in [9.17, 15) is 13.2 Å². The molecule has 0 N–H and O–H groups in total. The van der Waals surface area contributed by atoms with E-state index in [0.717, 1.165) is 47.3 Å². The number of methoxy groups -OCH3 is 1. The summed E-state index contributed by atoms with van der Waals surface area (Å²) in [5.41, 5.74) is 1.30. The van der Waals surface area contributed by atoms with Gasteiger partial charge >= 0.3 is 0 Å². The lowest BCUT2D eigenvalue weighted by Crippen LogP contribution is -2.42. The zero-order valence-corrected chi connectivity index (χ0v) is 21.1. The van der Waals surface area contributed by atoms with Crippen molar-refractivity contribution in [1.82, 2.24) is 14.2 Å². The maximum atomic E-state index is 13.6. The fourth-order valence-corrected chi connectivity index (χ4v) is 8.03. The Hall–Kier alpha value is -2.49. The molecule has 2 atom stereocenters. The van der Waals surface area contributed by atoms with Crippen LogP contribution < -0.4 is 4.74 Å². The Morgan fingerprint density at radius 2 is 1.91 bits per heavy atom. The molecule has 2 saturated heterocycles. The summed E-state index contributed by atoms with van der Waals surface area (Å²) in [7, 11) is -2.33. The van der Waals surface area contributed by atoms with E-state index in [1.807, 2.05) is 36.1 Å². The Balaban J connectivity index is 1.48. The minimum Gasteiger partial charge on any atom is -0.495 e. The number of aromatic nitrogens is 1. The molecule has 2 unspecified atom stereocenters. The van der Waals surface area contributed by atoms with E-state index in [-0.39, 0.29) is 28.6 Å². The standard InChI is InChI=1S/C25H29N3O4S2/c1-17-8-5-6-15-28(17)34(30,31)23-16-18(12-13-21(23)32-2)25(29)27-14-7-10-20(27)24-26-19-9-3-4-11-22(19)33-24/h3-4,9,11-13,16-17,20H,5-8,10,14-15H2,1-2H3. The van der Waals surface area contributed by atoms with Crippen LogP contribution in [0.5, 0.6) is 5.75 Å². The summed E-state index contributed by atoms with van der Waals surface area (Å²) < 4.78 is 35.2. The zero-order chi connectivity index (χ0) is 23.9. The number of sulfonamides is 1. The highest BCUT2D eigenvalue weighted by molar-refractivity contribution is 7.89. The molecule has 2 fully saturated rings. The summed E-state index contributed by atoms with van der Waals surface area (Å²) in [6.45, 7) is 3.04. The summed E-state index contributed by atoms with van der Waals surface area (Å²) in [5, 5.41) is 0.926. The summed E-state index contributed by atoms with van der Waals surface area (Å²) in [4.78, 5) is 20.3. The van der Waals surface area contributed by atoms with Gasteiger partial charge in [0.15, 0.2) is 0 Å². The fraction of sp³-hybridized carbons (Fsp3) is 0.440. The molecular formula is C25H29N3O4S2. The number of fused-ring (bicyclic) bond motifs is 1. The van der Waals surface area contributed by atoms with Crippen molar-refractivity contribution in [2.24, 2.45) is 0 Å². The average molecular weight is 500 g/mol. The number of likely N-dealkylation sites (tertiary alicyclic amines) is 1. The van der Waals surface area contributed by atoms with Crippen molar-refractivity contribution < 1.29 is 17.9 Å². The fourth-order valence-electron chi connectivity index (χ4n) is 5.03. The summed E-state index contributed by atoms with van der Waals surface area (Å²) in [6.07, 6.45) is 4.42. The van der Waals surface area contributed by atoms with E-state index in [2.05, 4.69) is 0 Å². The van der Waals surface area contributed by atoms with Gasteiger partial charge in [0.2, 0.25) is 10.0 Å². The minimum atomic E-state index is -3.79. The van der Waals surface area contributed by atoms with Crippen LogP contribution in [-0.4, -0.2) is 54.8 Å². The van der Waals surface area contributed by atoms with Crippen LogP contribution in [0.2, 0.25) is 0 Å². The second kappa shape index (κ2) is 9.28. The molecular weight excluding hydrogens is 470 g/mol. The second-order valence-corrected chi connectivity index (χ2v) is 11.9. The first-order valence-electron chi connectivity index (χ1n) is 11.8. The maximum Gasteiger partial charge on any atom is 0.254 e. The lowest BCUT2D eigenvalue weighted by Gasteiger charge is -2.32. The minimum absolute atomic E-state index is 0.0605. The molecule has 2 aromatic carbocycles. The lowest BCUT2D eigenvalue weighted by molar-refractivity contribution is 0.0735. The molecule has 1 amide bonds. The van der Waals surface area contributed by atoms with Gasteiger partial charge in [0.1, 0.15) is 15.7 Å². The largest absolute Gasteiger partial charge is 0.495 e. The van der Waals surface area contributed by atoms with Gasteiger partial charge in [0.05, 0.1) is 23.4 Å². The number of hydrogen-bond donors (Lipinski definition) is 0. The summed E-state index contributed by atoms with van der Waals surface area (Å²) >= 11 is 1.62. The maximum absolute atomic E-state index is 13.6. The van der Waals surface area contributed by atoms with Crippen LogP contribution in [0.1, 0.15) is 60.4 Å². The number of ether oxygens (including phenoxy) is 1. The van der Waals surface area contributed by atoms with Crippen LogP contribution in [0.4, 0.5) is 0 Å². The predicted molar refractivity (Wildman–Crippen MR) is 133 cm³/mol. The molecule has 0 bridgehead atoms. The van der Waals surface area contributed by atoms with Crippen molar-refractivity contribution in [3.8, 4) is 5.75 Å². The van der Waals surface area contributed by atoms with Crippen LogP contribution >= 0.6 is 11.3 Å². The van der Waals surface area contributed by atoms with E-state index in [4.69, 9.17) is 9.72 Å². The first kappa shape index (κ1) is 23.3. The average Bonchev–Trinajstić information content (AvgIpc) is 3.50. The molecule has 7 nitrogen and oxygen atoms in total. The second-order valence-electron chi connectivity index (χ2n) is 9.00. The van der Waals surface area contributed by atoms with Crippen LogP contribution in [0.25, 0.3) is 10.2 Å². The Morgan fingerprint density at radius 1 is 1.09 bits per heavy atom. The van der Waals surface area contributed by atoms with Gasteiger partial charge in [-0.3, -0.25) is 4.79 Å². The van der Waals surface area contributed by atoms with E-state index in [1.54, 1.807) is 27.8 Å². The number of carbonyl (C=O) groups excluding carboxylic acids is 1. The van der Waals surface area contributed by atoms with Crippen LogP contribution in [0.15, 0.2) is 47.4 Å². The van der Waals surface area contributed by atoms with E-state index in [1.165, 1.54) is 13.2 Å². The van der Waals surface area contributed by atoms with E-state index in [0.29, 0.717) is 18.7 Å². The summed E-state index contributed by atoms with van der Waals surface area (Å²) in [6, 6.07) is 12.5. The molecule has 34 heavy (non-hydrogen) atoms. The molecule has 3 heterocycles. The molecule has 0 saturated carbocycles. The number of piperidine rings is 1. The lowest BCUT2D eigenvalue weighted by atomic mass is 10.1. The number of thiazole rings is 1. The Labute approximate surface area is 204 Å². The molecule has 0 aliphatic carbocycles. The highest BCUT2D eigenvalue weighted by Crippen LogP contribution is 2.38. The number of carbonyl (C=O) groups is 1. The highest BCUT2D eigenvalue weighted by atomic mass is 32.2. The number of para-hydroxylation sites is 1. The topological polar surface area (TPSA) is 79.8 Å². The monoisotopic (exact) mass is 499 g/mol. The van der Waals surface area contributed by atoms with Crippen molar-refractivity contribution >= 4 is 37.5 Å². The van der Waals surface area contributed by atoms with Gasteiger partial charge in [-0.15, -0.1) is 11.3 Å². The van der Waals surface area contributed by atoms with Crippen LogP contribution in [-0.2, 0) is 10.0 Å². The smallest absolute Gasteiger partial charge is 0.254 e. The van der Waals surface area contributed by atoms with Crippen LogP contribution in [0.3, 0.4) is 0 Å². The van der Waals surface area contributed by atoms with Gasteiger partial charge in [0, 0.05) is 24.7 Å². The molecule has 5 rings (SSSR count). The van der Waals surface area contributed by atoms with Gasteiger partial charge in [-0.25, -0.2) is 13.4 Å². The molecule has 1 aromatic heterocycles. The molecule has 2 aliphatic rings. The Morgan fingerprint density at radius 3 is 2.68 bits per heavy atom. The van der Waals surface area contributed by atoms with Crippen molar-refractivity contribution in [3.05, 3.63) is 53.0 Å². The van der Waals surface area contributed by atoms with Gasteiger partial charge in [0.25, 0.3) is 5.91 Å². The Bertz CT molecular complexity index is 1290. The van der Waals surface area contributed by atoms with E-state index >= 15 is 0 Å². The molecule has 0 radical (unpaired) electrons. The van der Waals surface area contributed by atoms with Crippen LogP contribution in [0, 0.1) is 0 Å². The van der Waals surface area contributed by atoms with E-state index < -0.39 is 10.0 Å². The number of nitrogens with zero attached hydrogens (tertiary/aromatic N) is 3. The van der Waals surface area contributed by atoms with Crippen molar-refractivity contribution in [3.63, 3.8) is 0 Å². The Kier molecular flexibility index (Phi) is 6.35. The van der Waals surface area contributed by atoms with Gasteiger partial charge in [-0.2, -0.15) is 4.31 Å². The van der Waals surface area contributed by atoms with Gasteiger partial charge < -0.3 is 9.64 Å². The number of rotatable bonds is 5. The van der Waals surface area contributed by atoms with Crippen molar-refractivity contribution in [2.45, 2.75) is 56.0 Å². The number of benzene rings is 2. The highest BCUT2D eigenvalue weighted by Gasteiger charge is 2.36. The van der Waals surface area contributed by atoms with Gasteiger partial charge in [-0.1, -0.05) is 18.6 Å². The normalized spacial score (nSPS) is 21.8. The first-order valence-corrected chi connectivity index (χ1v) is 14.0. The van der Waals surface area contributed by atoms with Crippen molar-refractivity contribution in [2.75, 3.05) is 20.2 Å². The third kappa shape index (κ3) is 4.10. The number of hydrogen-bond acceptors (Lipinski definition) is 6. The SMILES string of the molecule is COc1ccc(C(=O)N2CCCC2c2nc3ccccc3s2)cc1S(=O)(=O)N1CCCCC1C. The van der Waals surface area contributed by atoms with Gasteiger partial charge in [-0.05, 0) is 62.9 Å². The third-order valence-electron chi connectivity index (χ3n) is 6.85. The molecule has 0 spiro atoms. The predicted octanol–water partition coefficient (Wildman–Crippen LogP) is 4.85. The van der Waals surface area contributed by atoms with Crippen molar-refractivity contribution in [1.29, 1.82) is 0 Å². The zero-order valence-electron chi connectivity index (χ0n) is 19.4. The molecule has 2 aliphatic heterocycles.